The lowest BCUT2D eigenvalue weighted by atomic mass is 10.1. The maximum absolute atomic E-state index is 12.2. The fourth-order valence-corrected chi connectivity index (χ4v) is 2.29. The van der Waals surface area contributed by atoms with Gasteiger partial charge in [0.15, 0.2) is 6.61 Å². The Labute approximate surface area is 142 Å². The number of hydrogen-bond acceptors (Lipinski definition) is 6. The largest absolute Gasteiger partial charge is 0.497 e. The smallest absolute Gasteiger partial charge is 0.347 e. The summed E-state index contributed by atoms with van der Waals surface area (Å²) in [6, 6.07) is 14.6. The molecule has 0 N–H and O–H groups in total. The Balaban J connectivity index is 1.80. The van der Waals surface area contributed by atoms with Crippen LogP contribution in [0.3, 0.4) is 0 Å². The highest BCUT2D eigenvalue weighted by Gasteiger charge is 2.17. The van der Waals surface area contributed by atoms with Gasteiger partial charge in [-0.25, -0.2) is 9.59 Å². The van der Waals surface area contributed by atoms with Gasteiger partial charge in [-0.15, -0.1) is 0 Å². The van der Waals surface area contributed by atoms with Crippen molar-refractivity contribution < 1.29 is 23.5 Å². The standard InChI is InChI=1S/C19H14O6/c1-23-14-7-8-17-13(9-14)10-15(19(22)25-17)16(20)11-24-18(21)12-5-3-2-4-6-12/h2-10H,11H2,1H3. The molecule has 0 fully saturated rings. The van der Waals surface area contributed by atoms with E-state index in [2.05, 4.69) is 0 Å². The molecule has 3 aromatic rings. The van der Waals surface area contributed by atoms with Gasteiger partial charge in [0.05, 0.1) is 12.7 Å². The number of benzene rings is 2. The number of esters is 1. The number of carbonyl (C=O) groups excluding carboxylic acids is 2. The van der Waals surface area contributed by atoms with E-state index in [1.54, 1.807) is 48.5 Å². The van der Waals surface area contributed by atoms with Crippen LogP contribution in [-0.4, -0.2) is 25.5 Å². The first-order valence-corrected chi connectivity index (χ1v) is 7.46. The summed E-state index contributed by atoms with van der Waals surface area (Å²) in [4.78, 5) is 36.1. The van der Waals surface area contributed by atoms with Crippen molar-refractivity contribution in [3.63, 3.8) is 0 Å². The van der Waals surface area contributed by atoms with Gasteiger partial charge in [0.1, 0.15) is 16.9 Å². The summed E-state index contributed by atoms with van der Waals surface area (Å²) in [5.74, 6) is -0.709. The minimum atomic E-state index is -0.779. The molecule has 6 heteroatoms. The van der Waals surface area contributed by atoms with Gasteiger partial charge in [-0.3, -0.25) is 4.79 Å². The molecule has 0 aliphatic heterocycles. The van der Waals surface area contributed by atoms with Crippen molar-refractivity contribution in [2.75, 3.05) is 13.7 Å². The third-order valence-electron chi connectivity index (χ3n) is 3.58. The molecule has 1 aromatic heterocycles. The molecule has 3 rings (SSSR count). The van der Waals surface area contributed by atoms with E-state index in [1.807, 2.05) is 0 Å². The van der Waals surface area contributed by atoms with Crippen LogP contribution < -0.4 is 10.4 Å². The van der Waals surface area contributed by atoms with Crippen molar-refractivity contribution in [3.05, 3.63) is 76.1 Å². The first-order valence-electron chi connectivity index (χ1n) is 7.46. The van der Waals surface area contributed by atoms with E-state index < -0.39 is 24.0 Å². The highest BCUT2D eigenvalue weighted by molar-refractivity contribution is 6.00. The van der Waals surface area contributed by atoms with Gasteiger partial charge in [0, 0.05) is 5.39 Å². The second-order valence-corrected chi connectivity index (χ2v) is 5.22. The molecule has 0 saturated carbocycles. The van der Waals surface area contributed by atoms with Gasteiger partial charge in [-0.1, -0.05) is 18.2 Å². The Kier molecular flexibility index (Phi) is 4.61. The molecule has 6 nitrogen and oxygen atoms in total. The van der Waals surface area contributed by atoms with Crippen molar-refractivity contribution >= 4 is 22.7 Å². The van der Waals surface area contributed by atoms with Gasteiger partial charge < -0.3 is 13.9 Å². The highest BCUT2D eigenvalue weighted by Crippen LogP contribution is 2.20. The van der Waals surface area contributed by atoms with Crippen LogP contribution in [0.5, 0.6) is 5.75 Å². The molecule has 2 aromatic carbocycles. The Morgan fingerprint density at radius 3 is 2.52 bits per heavy atom. The van der Waals surface area contributed by atoms with Crippen molar-refractivity contribution in [2.24, 2.45) is 0 Å². The fraction of sp³-hybridized carbons (Fsp3) is 0.105. The van der Waals surface area contributed by atoms with E-state index in [9.17, 15) is 14.4 Å². The van der Waals surface area contributed by atoms with Crippen LogP contribution >= 0.6 is 0 Å². The summed E-state index contributed by atoms with van der Waals surface area (Å²) in [5, 5.41) is 0.539. The molecular weight excluding hydrogens is 324 g/mol. The number of hydrogen-bond donors (Lipinski definition) is 0. The maximum atomic E-state index is 12.2. The molecule has 1 heterocycles. The average Bonchev–Trinajstić information content (AvgIpc) is 2.65. The minimum Gasteiger partial charge on any atom is -0.497 e. The van der Waals surface area contributed by atoms with E-state index in [-0.39, 0.29) is 5.56 Å². The van der Waals surface area contributed by atoms with Crippen LogP contribution in [0.1, 0.15) is 20.7 Å². The predicted octanol–water partition coefficient (Wildman–Crippen LogP) is 2.84. The van der Waals surface area contributed by atoms with E-state index in [1.165, 1.54) is 13.2 Å². The Bertz CT molecular complexity index is 988. The van der Waals surface area contributed by atoms with E-state index in [0.29, 0.717) is 22.3 Å². The lowest BCUT2D eigenvalue weighted by molar-refractivity contribution is 0.0473. The van der Waals surface area contributed by atoms with Gasteiger partial charge >= 0.3 is 11.6 Å². The quantitative estimate of drug-likeness (QED) is 0.404. The van der Waals surface area contributed by atoms with Crippen molar-refractivity contribution in [1.82, 2.24) is 0 Å². The van der Waals surface area contributed by atoms with Crippen LogP contribution in [0.15, 0.2) is 63.8 Å². The molecule has 0 saturated heterocycles. The van der Waals surface area contributed by atoms with Gasteiger partial charge in [0.25, 0.3) is 0 Å². The maximum Gasteiger partial charge on any atom is 0.347 e. The SMILES string of the molecule is COc1ccc2oc(=O)c(C(=O)COC(=O)c3ccccc3)cc2c1. The summed E-state index contributed by atoms with van der Waals surface area (Å²) < 4.78 is 15.2. The number of ketones is 1. The number of fused-ring (bicyclic) bond motifs is 1. The van der Waals surface area contributed by atoms with Crippen LogP contribution in [0.2, 0.25) is 0 Å². The van der Waals surface area contributed by atoms with Crippen LogP contribution in [0, 0.1) is 0 Å². The normalized spacial score (nSPS) is 10.4. The molecule has 0 spiro atoms. The first kappa shape index (κ1) is 16.4. The van der Waals surface area contributed by atoms with Gasteiger partial charge in [-0.2, -0.15) is 0 Å². The Morgan fingerprint density at radius 1 is 1.04 bits per heavy atom. The monoisotopic (exact) mass is 338 g/mol. The molecule has 0 aliphatic carbocycles. The number of Topliss-reactive ketones (excluding diaryl/α,β-unsaturated/α-hetero) is 1. The van der Waals surface area contributed by atoms with Crippen molar-refractivity contribution in [1.29, 1.82) is 0 Å². The van der Waals surface area contributed by atoms with Crippen molar-refractivity contribution in [3.8, 4) is 5.75 Å². The van der Waals surface area contributed by atoms with Gasteiger partial charge in [0.2, 0.25) is 5.78 Å². The molecule has 0 bridgehead atoms. The van der Waals surface area contributed by atoms with Crippen LogP contribution in [0.25, 0.3) is 11.0 Å². The second kappa shape index (κ2) is 7.00. The lowest BCUT2D eigenvalue weighted by Crippen LogP contribution is -2.20. The topological polar surface area (TPSA) is 82.8 Å². The van der Waals surface area contributed by atoms with Gasteiger partial charge in [-0.05, 0) is 36.4 Å². The van der Waals surface area contributed by atoms with E-state index >= 15 is 0 Å². The molecule has 126 valence electrons. The molecular formula is C19H14O6. The molecule has 0 atom stereocenters. The van der Waals surface area contributed by atoms with E-state index in [4.69, 9.17) is 13.9 Å². The Morgan fingerprint density at radius 2 is 1.80 bits per heavy atom. The summed E-state index contributed by atoms with van der Waals surface area (Å²) in [7, 11) is 1.51. The molecule has 0 aliphatic rings. The highest BCUT2D eigenvalue weighted by atomic mass is 16.5. The zero-order valence-corrected chi connectivity index (χ0v) is 13.4. The number of ether oxygens (including phenoxy) is 2. The third kappa shape index (κ3) is 3.58. The molecule has 0 radical (unpaired) electrons. The minimum absolute atomic E-state index is 0.179. The Hall–Kier alpha value is -3.41. The van der Waals surface area contributed by atoms with Crippen LogP contribution in [-0.2, 0) is 4.74 Å². The summed E-state index contributed by atoms with van der Waals surface area (Å²) in [6.45, 7) is -0.548. The molecule has 0 unspecified atom stereocenters. The fourth-order valence-electron chi connectivity index (χ4n) is 2.29. The zero-order chi connectivity index (χ0) is 17.8. The summed E-state index contributed by atoms with van der Waals surface area (Å²) in [5.41, 5.74) is -0.297. The summed E-state index contributed by atoms with van der Waals surface area (Å²) in [6.07, 6.45) is 0. The third-order valence-corrected chi connectivity index (χ3v) is 3.58. The lowest BCUT2D eigenvalue weighted by Gasteiger charge is -2.05. The molecule has 25 heavy (non-hydrogen) atoms. The number of methoxy groups -OCH3 is 1. The van der Waals surface area contributed by atoms with Crippen molar-refractivity contribution in [2.45, 2.75) is 0 Å². The predicted molar refractivity (Wildman–Crippen MR) is 90.1 cm³/mol. The number of carbonyl (C=O) groups is 2. The number of rotatable bonds is 5. The second-order valence-electron chi connectivity index (χ2n) is 5.22. The van der Waals surface area contributed by atoms with Crippen LogP contribution in [0.4, 0.5) is 0 Å². The zero-order valence-electron chi connectivity index (χ0n) is 13.4. The van der Waals surface area contributed by atoms with E-state index in [0.717, 1.165) is 0 Å². The summed E-state index contributed by atoms with van der Waals surface area (Å²) >= 11 is 0. The average molecular weight is 338 g/mol. The first-order chi connectivity index (χ1) is 12.1. The molecule has 0 amide bonds.